The van der Waals surface area contributed by atoms with Gasteiger partial charge in [-0.3, -0.25) is 0 Å². The van der Waals surface area contributed by atoms with Crippen LogP contribution in [0.1, 0.15) is 12.8 Å². The first-order valence-electron chi connectivity index (χ1n) is 4.81. The molecule has 1 aromatic heterocycles. The summed E-state index contributed by atoms with van der Waals surface area (Å²) in [7, 11) is 0. The standard InChI is InChI=1S/C10H11ClFNO2/c11-7-5-9(12)10(13-6-7)15-8-1-3-14-4-2-8/h5-6,8H,1-4H2. The van der Waals surface area contributed by atoms with Gasteiger partial charge in [0.1, 0.15) is 6.10 Å². The number of hydrogen-bond acceptors (Lipinski definition) is 3. The number of nitrogens with zero attached hydrogens (tertiary/aromatic N) is 1. The fourth-order valence-corrected chi connectivity index (χ4v) is 1.59. The summed E-state index contributed by atoms with van der Waals surface area (Å²) in [6, 6.07) is 1.20. The molecule has 0 radical (unpaired) electrons. The van der Waals surface area contributed by atoms with Crippen molar-refractivity contribution < 1.29 is 13.9 Å². The van der Waals surface area contributed by atoms with E-state index < -0.39 is 5.82 Å². The van der Waals surface area contributed by atoms with E-state index in [-0.39, 0.29) is 17.0 Å². The maximum absolute atomic E-state index is 13.3. The smallest absolute Gasteiger partial charge is 0.250 e. The third-order valence-corrected chi connectivity index (χ3v) is 2.43. The Hall–Kier alpha value is -0.870. The Morgan fingerprint density at radius 1 is 1.47 bits per heavy atom. The van der Waals surface area contributed by atoms with Gasteiger partial charge in [-0.1, -0.05) is 11.6 Å². The van der Waals surface area contributed by atoms with Crippen LogP contribution in [0.15, 0.2) is 12.3 Å². The van der Waals surface area contributed by atoms with Crippen LogP contribution in [0.3, 0.4) is 0 Å². The van der Waals surface area contributed by atoms with Crippen LogP contribution < -0.4 is 4.74 Å². The molecule has 3 nitrogen and oxygen atoms in total. The molecule has 1 fully saturated rings. The zero-order valence-electron chi connectivity index (χ0n) is 8.08. The SMILES string of the molecule is Fc1cc(Cl)cnc1OC1CCOCC1. The highest BCUT2D eigenvalue weighted by Crippen LogP contribution is 2.21. The average Bonchev–Trinajstić information content (AvgIpc) is 2.24. The van der Waals surface area contributed by atoms with Gasteiger partial charge in [-0.2, -0.15) is 0 Å². The molecule has 0 atom stereocenters. The van der Waals surface area contributed by atoms with E-state index in [4.69, 9.17) is 21.1 Å². The van der Waals surface area contributed by atoms with Crippen LogP contribution in [0.4, 0.5) is 4.39 Å². The third kappa shape index (κ3) is 2.79. The van der Waals surface area contributed by atoms with E-state index in [9.17, 15) is 4.39 Å². The summed E-state index contributed by atoms with van der Waals surface area (Å²) < 4.78 is 23.9. The van der Waals surface area contributed by atoms with Crippen molar-refractivity contribution in [1.82, 2.24) is 4.98 Å². The van der Waals surface area contributed by atoms with Crippen molar-refractivity contribution in [3.05, 3.63) is 23.1 Å². The fraction of sp³-hybridized carbons (Fsp3) is 0.500. The van der Waals surface area contributed by atoms with E-state index in [1.54, 1.807) is 0 Å². The summed E-state index contributed by atoms with van der Waals surface area (Å²) in [6.45, 7) is 1.31. The number of halogens is 2. The molecule has 0 aliphatic carbocycles. The molecule has 0 amide bonds. The molecule has 0 spiro atoms. The fourth-order valence-electron chi connectivity index (χ4n) is 1.44. The Bertz CT molecular complexity index is 342. The van der Waals surface area contributed by atoms with Gasteiger partial charge in [-0.15, -0.1) is 0 Å². The number of pyridine rings is 1. The molecule has 0 aromatic carbocycles. The van der Waals surface area contributed by atoms with Crippen molar-refractivity contribution in [1.29, 1.82) is 0 Å². The van der Waals surface area contributed by atoms with Gasteiger partial charge in [0.25, 0.3) is 5.88 Å². The second-order valence-corrected chi connectivity index (χ2v) is 3.81. The highest BCUT2D eigenvalue weighted by Gasteiger charge is 2.17. The predicted molar refractivity (Wildman–Crippen MR) is 53.7 cm³/mol. The number of ether oxygens (including phenoxy) is 2. The molecule has 1 saturated heterocycles. The largest absolute Gasteiger partial charge is 0.472 e. The van der Waals surface area contributed by atoms with Crippen LogP contribution in [0, 0.1) is 5.82 Å². The quantitative estimate of drug-likeness (QED) is 0.784. The Labute approximate surface area is 92.2 Å². The summed E-state index contributed by atoms with van der Waals surface area (Å²) in [5.41, 5.74) is 0. The number of rotatable bonds is 2. The molecule has 5 heteroatoms. The van der Waals surface area contributed by atoms with Crippen molar-refractivity contribution in [3.8, 4) is 5.88 Å². The molecule has 0 bridgehead atoms. The van der Waals surface area contributed by atoms with E-state index in [1.807, 2.05) is 0 Å². The van der Waals surface area contributed by atoms with Gasteiger partial charge in [0, 0.05) is 19.0 Å². The molecular formula is C10H11ClFNO2. The minimum absolute atomic E-state index is 0.0121. The molecule has 0 saturated carbocycles. The van der Waals surface area contributed by atoms with Crippen molar-refractivity contribution in [2.45, 2.75) is 18.9 Å². The van der Waals surface area contributed by atoms with Gasteiger partial charge < -0.3 is 9.47 Å². The van der Waals surface area contributed by atoms with Crippen molar-refractivity contribution in [2.75, 3.05) is 13.2 Å². The van der Waals surface area contributed by atoms with Gasteiger partial charge >= 0.3 is 0 Å². The van der Waals surface area contributed by atoms with Crippen LogP contribution in [0.5, 0.6) is 5.88 Å². The molecule has 82 valence electrons. The van der Waals surface area contributed by atoms with Crippen LogP contribution in [0.25, 0.3) is 0 Å². The summed E-state index contributed by atoms with van der Waals surface area (Å²) in [4.78, 5) is 3.80. The first kappa shape index (κ1) is 10.6. The molecule has 0 N–H and O–H groups in total. The number of hydrogen-bond donors (Lipinski definition) is 0. The maximum atomic E-state index is 13.3. The molecule has 2 heterocycles. The van der Waals surface area contributed by atoms with Crippen molar-refractivity contribution >= 4 is 11.6 Å². The molecular weight excluding hydrogens is 221 g/mol. The summed E-state index contributed by atoms with van der Waals surface area (Å²) >= 11 is 5.58. The molecule has 1 aliphatic rings. The lowest BCUT2D eigenvalue weighted by Crippen LogP contribution is -2.26. The molecule has 15 heavy (non-hydrogen) atoms. The van der Waals surface area contributed by atoms with E-state index in [2.05, 4.69) is 4.98 Å². The monoisotopic (exact) mass is 231 g/mol. The second kappa shape index (κ2) is 4.77. The third-order valence-electron chi connectivity index (χ3n) is 2.22. The highest BCUT2D eigenvalue weighted by molar-refractivity contribution is 6.30. The lowest BCUT2D eigenvalue weighted by Gasteiger charge is -2.22. The Balaban J connectivity index is 2.03. The summed E-state index contributed by atoms with van der Waals surface area (Å²) in [6.07, 6.45) is 2.90. The van der Waals surface area contributed by atoms with Gasteiger partial charge in [-0.05, 0) is 6.07 Å². The van der Waals surface area contributed by atoms with Crippen molar-refractivity contribution in [2.24, 2.45) is 0 Å². The van der Waals surface area contributed by atoms with Crippen LogP contribution >= 0.6 is 11.6 Å². The molecule has 1 aromatic rings. The maximum Gasteiger partial charge on any atom is 0.250 e. The Kier molecular flexibility index (Phi) is 3.38. The van der Waals surface area contributed by atoms with Gasteiger partial charge in [0.05, 0.1) is 18.2 Å². The topological polar surface area (TPSA) is 31.4 Å². The van der Waals surface area contributed by atoms with E-state index in [0.717, 1.165) is 12.8 Å². The minimum atomic E-state index is -0.519. The van der Waals surface area contributed by atoms with Crippen LogP contribution in [0.2, 0.25) is 5.02 Å². The van der Waals surface area contributed by atoms with Gasteiger partial charge in [0.15, 0.2) is 5.82 Å². The summed E-state index contributed by atoms with van der Waals surface area (Å²) in [5.74, 6) is -0.500. The lowest BCUT2D eigenvalue weighted by molar-refractivity contribution is 0.0220. The molecule has 1 aliphatic heterocycles. The Morgan fingerprint density at radius 3 is 2.87 bits per heavy atom. The van der Waals surface area contributed by atoms with E-state index >= 15 is 0 Å². The van der Waals surface area contributed by atoms with Crippen LogP contribution in [-0.2, 0) is 4.74 Å². The highest BCUT2D eigenvalue weighted by atomic mass is 35.5. The molecule has 2 rings (SSSR count). The van der Waals surface area contributed by atoms with E-state index in [1.165, 1.54) is 12.3 Å². The summed E-state index contributed by atoms with van der Waals surface area (Å²) in [5, 5.41) is 0.270. The predicted octanol–water partition coefficient (Wildman–Crippen LogP) is 2.43. The number of aromatic nitrogens is 1. The second-order valence-electron chi connectivity index (χ2n) is 3.37. The zero-order chi connectivity index (χ0) is 10.7. The first-order chi connectivity index (χ1) is 7.25. The average molecular weight is 232 g/mol. The van der Waals surface area contributed by atoms with Crippen molar-refractivity contribution in [3.63, 3.8) is 0 Å². The normalized spacial score (nSPS) is 17.7. The zero-order valence-corrected chi connectivity index (χ0v) is 8.84. The van der Waals surface area contributed by atoms with Gasteiger partial charge in [0.2, 0.25) is 0 Å². The Morgan fingerprint density at radius 2 is 2.20 bits per heavy atom. The van der Waals surface area contributed by atoms with E-state index in [0.29, 0.717) is 13.2 Å². The van der Waals surface area contributed by atoms with Crippen LogP contribution in [-0.4, -0.2) is 24.3 Å². The molecule has 0 unspecified atom stereocenters. The first-order valence-corrected chi connectivity index (χ1v) is 5.19. The van der Waals surface area contributed by atoms with Gasteiger partial charge in [-0.25, -0.2) is 9.37 Å². The minimum Gasteiger partial charge on any atom is -0.472 e. The lowest BCUT2D eigenvalue weighted by atomic mass is 10.1.